The first kappa shape index (κ1) is 15.7. The van der Waals surface area contributed by atoms with Crippen LogP contribution < -0.4 is 5.32 Å². The molecular formula is C17H26N2S2. The van der Waals surface area contributed by atoms with Crippen LogP contribution in [0.1, 0.15) is 12.5 Å². The molecule has 2 heterocycles. The van der Waals surface area contributed by atoms with E-state index < -0.39 is 0 Å². The second-order valence-electron chi connectivity index (χ2n) is 6.17. The van der Waals surface area contributed by atoms with Gasteiger partial charge >= 0.3 is 0 Å². The van der Waals surface area contributed by atoms with Crippen molar-refractivity contribution in [2.45, 2.75) is 30.7 Å². The Morgan fingerprint density at radius 1 is 1.24 bits per heavy atom. The molecular weight excluding hydrogens is 296 g/mol. The molecule has 0 spiro atoms. The van der Waals surface area contributed by atoms with E-state index in [0.29, 0.717) is 12.1 Å². The van der Waals surface area contributed by atoms with Crippen molar-refractivity contribution in [2.75, 3.05) is 36.9 Å². The maximum absolute atomic E-state index is 3.73. The first-order valence-corrected chi connectivity index (χ1v) is 10.2. The molecule has 3 rings (SSSR count). The van der Waals surface area contributed by atoms with Crippen molar-refractivity contribution in [2.24, 2.45) is 0 Å². The molecule has 2 nitrogen and oxygen atoms in total. The Morgan fingerprint density at radius 2 is 2.10 bits per heavy atom. The number of nitrogens with one attached hydrogen (secondary N) is 1. The number of benzene rings is 1. The molecule has 3 atom stereocenters. The van der Waals surface area contributed by atoms with Gasteiger partial charge in [-0.15, -0.1) is 0 Å². The van der Waals surface area contributed by atoms with Crippen LogP contribution in [-0.2, 0) is 6.42 Å². The Balaban J connectivity index is 1.54. The monoisotopic (exact) mass is 322 g/mol. The zero-order valence-electron chi connectivity index (χ0n) is 12.8. The number of piperazine rings is 1. The van der Waals surface area contributed by atoms with E-state index in [1.165, 1.54) is 35.9 Å². The Kier molecular flexibility index (Phi) is 5.92. The average Bonchev–Trinajstić information content (AvgIpc) is 2.53. The van der Waals surface area contributed by atoms with E-state index in [0.717, 1.165) is 18.2 Å². The molecule has 4 heteroatoms. The van der Waals surface area contributed by atoms with E-state index >= 15 is 0 Å². The van der Waals surface area contributed by atoms with Crippen LogP contribution in [0, 0.1) is 0 Å². The van der Waals surface area contributed by atoms with Crippen LogP contribution in [0.4, 0.5) is 0 Å². The van der Waals surface area contributed by atoms with Crippen LogP contribution in [0.2, 0.25) is 0 Å². The number of rotatable bonds is 4. The highest BCUT2D eigenvalue weighted by atomic mass is 32.2. The fraction of sp³-hybridized carbons (Fsp3) is 0.647. The maximum Gasteiger partial charge on any atom is 0.0265 e. The summed E-state index contributed by atoms with van der Waals surface area (Å²) in [4.78, 5) is 2.72. The SMILES string of the molecule is CC1CNC(Cc2ccccc2)CN1CC1CSCCS1. The third-order valence-electron chi connectivity index (χ3n) is 4.43. The third-order valence-corrected chi connectivity index (χ3v) is 7.26. The van der Waals surface area contributed by atoms with Gasteiger partial charge in [0.15, 0.2) is 0 Å². The van der Waals surface area contributed by atoms with Crippen LogP contribution in [-0.4, -0.2) is 59.1 Å². The van der Waals surface area contributed by atoms with E-state index in [1.54, 1.807) is 0 Å². The van der Waals surface area contributed by atoms with Gasteiger partial charge in [-0.3, -0.25) is 4.90 Å². The minimum absolute atomic E-state index is 0.602. The Bertz CT molecular complexity index is 420. The summed E-state index contributed by atoms with van der Waals surface area (Å²) in [5, 5.41) is 4.57. The molecule has 3 unspecified atom stereocenters. The van der Waals surface area contributed by atoms with Gasteiger partial charge in [-0.1, -0.05) is 30.3 Å². The molecule has 1 aromatic rings. The highest BCUT2D eigenvalue weighted by Gasteiger charge is 2.27. The summed E-state index contributed by atoms with van der Waals surface area (Å²) in [5.41, 5.74) is 1.45. The summed E-state index contributed by atoms with van der Waals surface area (Å²) >= 11 is 4.31. The Morgan fingerprint density at radius 3 is 2.86 bits per heavy atom. The predicted molar refractivity (Wildman–Crippen MR) is 96.5 cm³/mol. The molecule has 0 saturated carbocycles. The minimum atomic E-state index is 0.602. The molecule has 2 aliphatic heterocycles. The first-order chi connectivity index (χ1) is 10.3. The molecule has 0 amide bonds. The van der Waals surface area contributed by atoms with Gasteiger partial charge in [0.1, 0.15) is 0 Å². The molecule has 0 radical (unpaired) electrons. The van der Waals surface area contributed by atoms with Crippen molar-refractivity contribution in [3.8, 4) is 0 Å². The van der Waals surface area contributed by atoms with Crippen molar-refractivity contribution in [1.29, 1.82) is 0 Å². The largest absolute Gasteiger partial charge is 0.311 e. The zero-order chi connectivity index (χ0) is 14.5. The molecule has 2 aliphatic rings. The molecule has 0 aromatic heterocycles. The van der Waals surface area contributed by atoms with Gasteiger partial charge in [0.05, 0.1) is 0 Å². The van der Waals surface area contributed by atoms with Crippen LogP contribution in [0.25, 0.3) is 0 Å². The molecule has 0 aliphatic carbocycles. The number of hydrogen-bond donors (Lipinski definition) is 1. The van der Waals surface area contributed by atoms with E-state index in [1.807, 2.05) is 0 Å². The third kappa shape index (κ3) is 4.65. The van der Waals surface area contributed by atoms with Gasteiger partial charge in [-0.25, -0.2) is 0 Å². The quantitative estimate of drug-likeness (QED) is 0.916. The van der Waals surface area contributed by atoms with Crippen LogP contribution in [0.3, 0.4) is 0 Å². The lowest BCUT2D eigenvalue weighted by Gasteiger charge is -2.41. The fourth-order valence-electron chi connectivity index (χ4n) is 3.19. The summed E-state index contributed by atoms with van der Waals surface area (Å²) in [7, 11) is 0. The summed E-state index contributed by atoms with van der Waals surface area (Å²) in [6, 6.07) is 12.2. The van der Waals surface area contributed by atoms with Crippen molar-refractivity contribution >= 4 is 23.5 Å². The summed E-state index contributed by atoms with van der Waals surface area (Å²) in [6.45, 7) is 5.96. The van der Waals surface area contributed by atoms with Gasteiger partial charge in [-0.05, 0) is 18.9 Å². The molecule has 1 N–H and O–H groups in total. The first-order valence-electron chi connectivity index (χ1n) is 8.02. The van der Waals surface area contributed by atoms with Gasteiger partial charge in [-0.2, -0.15) is 23.5 Å². The van der Waals surface area contributed by atoms with Crippen LogP contribution >= 0.6 is 23.5 Å². The summed E-state index contributed by atoms with van der Waals surface area (Å²) in [5.74, 6) is 4.02. The molecule has 0 bridgehead atoms. The normalized spacial score (nSPS) is 31.2. The topological polar surface area (TPSA) is 15.3 Å². The molecule has 2 fully saturated rings. The highest BCUT2D eigenvalue weighted by Crippen LogP contribution is 2.25. The van der Waals surface area contributed by atoms with Gasteiger partial charge in [0.2, 0.25) is 0 Å². The molecule has 2 saturated heterocycles. The van der Waals surface area contributed by atoms with E-state index in [9.17, 15) is 0 Å². The fourth-order valence-corrected chi connectivity index (χ4v) is 5.88. The van der Waals surface area contributed by atoms with E-state index in [2.05, 4.69) is 71.0 Å². The maximum atomic E-state index is 3.73. The molecule has 116 valence electrons. The second kappa shape index (κ2) is 7.91. The van der Waals surface area contributed by atoms with Gasteiger partial charge < -0.3 is 5.32 Å². The summed E-state index contributed by atoms with van der Waals surface area (Å²) < 4.78 is 0. The van der Waals surface area contributed by atoms with Gasteiger partial charge in [0.25, 0.3) is 0 Å². The molecule has 1 aromatic carbocycles. The number of thioether (sulfide) groups is 2. The standard InChI is InChI=1S/C17H26N2S2/c1-14-10-18-16(9-15-5-3-2-4-6-15)11-19(14)12-17-13-20-7-8-21-17/h2-6,14,16-18H,7-13H2,1H3. The average molecular weight is 323 g/mol. The summed E-state index contributed by atoms with van der Waals surface area (Å²) in [6.07, 6.45) is 1.15. The predicted octanol–water partition coefficient (Wildman–Crippen LogP) is 2.74. The van der Waals surface area contributed by atoms with Crippen molar-refractivity contribution in [3.05, 3.63) is 35.9 Å². The lowest BCUT2D eigenvalue weighted by atomic mass is 10.0. The lowest BCUT2D eigenvalue weighted by Crippen LogP contribution is -2.57. The van der Waals surface area contributed by atoms with Gasteiger partial charge in [0, 0.05) is 54.2 Å². The van der Waals surface area contributed by atoms with E-state index in [4.69, 9.17) is 0 Å². The minimum Gasteiger partial charge on any atom is -0.311 e. The highest BCUT2D eigenvalue weighted by molar-refractivity contribution is 8.06. The van der Waals surface area contributed by atoms with Crippen molar-refractivity contribution in [1.82, 2.24) is 10.2 Å². The second-order valence-corrected chi connectivity index (χ2v) is 8.72. The Hall–Kier alpha value is -0.160. The van der Waals surface area contributed by atoms with Crippen LogP contribution in [0.15, 0.2) is 30.3 Å². The van der Waals surface area contributed by atoms with E-state index in [-0.39, 0.29) is 0 Å². The smallest absolute Gasteiger partial charge is 0.0265 e. The van der Waals surface area contributed by atoms with Crippen LogP contribution in [0.5, 0.6) is 0 Å². The Labute approximate surface area is 137 Å². The lowest BCUT2D eigenvalue weighted by molar-refractivity contribution is 0.143. The zero-order valence-corrected chi connectivity index (χ0v) is 14.5. The number of hydrogen-bond acceptors (Lipinski definition) is 4. The molecule has 21 heavy (non-hydrogen) atoms. The van der Waals surface area contributed by atoms with Crippen molar-refractivity contribution < 1.29 is 0 Å². The van der Waals surface area contributed by atoms with Crippen molar-refractivity contribution in [3.63, 3.8) is 0 Å². The number of nitrogens with zero attached hydrogens (tertiary/aromatic N) is 1.